The predicted octanol–water partition coefficient (Wildman–Crippen LogP) is 0.903. The first-order valence-electron chi connectivity index (χ1n) is 7.14. The number of likely N-dealkylation sites (tertiary alicyclic amines) is 1. The molecule has 0 spiro atoms. The third-order valence-corrected chi connectivity index (χ3v) is 3.74. The highest BCUT2D eigenvalue weighted by atomic mass is 16.1. The Hall–Kier alpha value is -1.36. The van der Waals surface area contributed by atoms with Crippen LogP contribution in [0, 0.1) is 5.92 Å². The van der Waals surface area contributed by atoms with Gasteiger partial charge in [-0.05, 0) is 32.4 Å². The molecule has 0 saturated carbocycles. The SMILES string of the molecule is CCc1nccn1CC(=O)NCC1CCCN(C)C1. The van der Waals surface area contributed by atoms with E-state index >= 15 is 0 Å². The Morgan fingerprint density at radius 3 is 3.16 bits per heavy atom. The first-order chi connectivity index (χ1) is 9.19. The lowest BCUT2D eigenvalue weighted by atomic mass is 9.98. The van der Waals surface area contributed by atoms with Gasteiger partial charge >= 0.3 is 0 Å². The van der Waals surface area contributed by atoms with Crippen molar-refractivity contribution in [1.29, 1.82) is 0 Å². The molecular weight excluding hydrogens is 240 g/mol. The topological polar surface area (TPSA) is 50.2 Å². The summed E-state index contributed by atoms with van der Waals surface area (Å²) in [4.78, 5) is 18.5. The molecule has 1 saturated heterocycles. The molecule has 1 fully saturated rings. The van der Waals surface area contributed by atoms with E-state index in [4.69, 9.17) is 0 Å². The molecule has 1 unspecified atom stereocenters. The summed E-state index contributed by atoms with van der Waals surface area (Å²) in [6.45, 7) is 5.49. The van der Waals surface area contributed by atoms with E-state index in [0.717, 1.165) is 25.3 Å². The molecule has 106 valence electrons. The van der Waals surface area contributed by atoms with Gasteiger partial charge in [0.25, 0.3) is 0 Å². The van der Waals surface area contributed by atoms with Crippen molar-refractivity contribution in [2.45, 2.75) is 32.7 Å². The second kappa shape index (κ2) is 6.70. The second-order valence-electron chi connectivity index (χ2n) is 5.40. The standard InChI is InChI=1S/C14H24N4O/c1-3-13-15-6-8-18(13)11-14(19)16-9-12-5-4-7-17(2)10-12/h6,8,12H,3-5,7,9-11H2,1-2H3,(H,16,19). The number of hydrogen-bond donors (Lipinski definition) is 1. The van der Waals surface area contributed by atoms with Crippen LogP contribution in [0.4, 0.5) is 0 Å². The zero-order valence-corrected chi connectivity index (χ0v) is 11.9. The fourth-order valence-electron chi connectivity index (χ4n) is 2.71. The smallest absolute Gasteiger partial charge is 0.239 e. The minimum absolute atomic E-state index is 0.0842. The summed E-state index contributed by atoms with van der Waals surface area (Å²) in [6, 6.07) is 0. The third kappa shape index (κ3) is 4.06. The molecule has 1 N–H and O–H groups in total. The van der Waals surface area contributed by atoms with Crippen LogP contribution in [0.2, 0.25) is 0 Å². The van der Waals surface area contributed by atoms with Crippen molar-refractivity contribution in [3.8, 4) is 0 Å². The van der Waals surface area contributed by atoms with E-state index in [2.05, 4.69) is 29.2 Å². The Balaban J connectivity index is 1.75. The highest BCUT2D eigenvalue weighted by Crippen LogP contribution is 2.13. The van der Waals surface area contributed by atoms with Gasteiger partial charge in [-0.1, -0.05) is 6.92 Å². The molecule has 19 heavy (non-hydrogen) atoms. The molecular formula is C14H24N4O. The Labute approximate surface area is 115 Å². The Morgan fingerprint density at radius 1 is 1.58 bits per heavy atom. The number of carbonyl (C=O) groups excluding carboxylic acids is 1. The Kier molecular flexibility index (Phi) is 4.96. The van der Waals surface area contributed by atoms with Crippen molar-refractivity contribution in [3.63, 3.8) is 0 Å². The van der Waals surface area contributed by atoms with Crippen LogP contribution in [0.1, 0.15) is 25.6 Å². The number of aromatic nitrogens is 2. The van der Waals surface area contributed by atoms with Gasteiger partial charge in [-0.3, -0.25) is 4.79 Å². The average molecular weight is 264 g/mol. The fourth-order valence-corrected chi connectivity index (χ4v) is 2.71. The molecule has 1 aliphatic rings. The number of rotatable bonds is 5. The fraction of sp³-hybridized carbons (Fsp3) is 0.714. The predicted molar refractivity (Wildman–Crippen MR) is 74.8 cm³/mol. The molecule has 2 heterocycles. The molecule has 0 bridgehead atoms. The van der Waals surface area contributed by atoms with E-state index in [1.54, 1.807) is 6.20 Å². The van der Waals surface area contributed by atoms with Crippen LogP contribution in [0.25, 0.3) is 0 Å². The maximum absolute atomic E-state index is 11.9. The number of carbonyl (C=O) groups is 1. The molecule has 0 aromatic carbocycles. The van der Waals surface area contributed by atoms with Gasteiger partial charge in [0.1, 0.15) is 12.4 Å². The van der Waals surface area contributed by atoms with E-state index in [1.165, 1.54) is 19.4 Å². The maximum Gasteiger partial charge on any atom is 0.239 e. The van der Waals surface area contributed by atoms with Gasteiger partial charge < -0.3 is 14.8 Å². The van der Waals surface area contributed by atoms with Gasteiger partial charge in [-0.15, -0.1) is 0 Å². The van der Waals surface area contributed by atoms with Crippen molar-refractivity contribution in [3.05, 3.63) is 18.2 Å². The van der Waals surface area contributed by atoms with Crippen molar-refractivity contribution >= 4 is 5.91 Å². The monoisotopic (exact) mass is 264 g/mol. The first-order valence-corrected chi connectivity index (χ1v) is 7.14. The van der Waals surface area contributed by atoms with Crippen molar-refractivity contribution in [1.82, 2.24) is 19.8 Å². The minimum atomic E-state index is 0.0842. The number of imidazole rings is 1. The lowest BCUT2D eigenvalue weighted by Crippen LogP contribution is -2.40. The molecule has 0 radical (unpaired) electrons. The maximum atomic E-state index is 11.9. The number of amides is 1. The Bertz CT molecular complexity index is 415. The van der Waals surface area contributed by atoms with Gasteiger partial charge in [0.15, 0.2) is 0 Å². The van der Waals surface area contributed by atoms with E-state index in [-0.39, 0.29) is 5.91 Å². The van der Waals surface area contributed by atoms with Crippen LogP contribution < -0.4 is 5.32 Å². The summed E-state index contributed by atoms with van der Waals surface area (Å²) >= 11 is 0. The van der Waals surface area contributed by atoms with Crippen LogP contribution in [-0.4, -0.2) is 47.0 Å². The van der Waals surface area contributed by atoms with Gasteiger partial charge in [-0.2, -0.15) is 0 Å². The molecule has 1 aromatic rings. The number of nitrogens with zero attached hydrogens (tertiary/aromatic N) is 3. The Morgan fingerprint density at radius 2 is 2.42 bits per heavy atom. The summed E-state index contributed by atoms with van der Waals surface area (Å²) in [5, 5.41) is 3.05. The zero-order chi connectivity index (χ0) is 13.7. The number of piperidine rings is 1. The molecule has 1 amide bonds. The highest BCUT2D eigenvalue weighted by Gasteiger charge is 2.17. The van der Waals surface area contributed by atoms with Gasteiger partial charge in [-0.25, -0.2) is 4.98 Å². The quantitative estimate of drug-likeness (QED) is 0.860. The summed E-state index contributed by atoms with van der Waals surface area (Å²) < 4.78 is 1.92. The lowest BCUT2D eigenvalue weighted by Gasteiger charge is -2.29. The van der Waals surface area contributed by atoms with E-state index in [1.807, 2.05) is 10.8 Å². The van der Waals surface area contributed by atoms with Crippen molar-refractivity contribution < 1.29 is 4.79 Å². The summed E-state index contributed by atoms with van der Waals surface area (Å²) in [5.41, 5.74) is 0. The molecule has 5 nitrogen and oxygen atoms in total. The number of hydrogen-bond acceptors (Lipinski definition) is 3. The van der Waals surface area contributed by atoms with Crippen LogP contribution >= 0.6 is 0 Å². The number of aryl methyl sites for hydroxylation is 1. The molecule has 1 aliphatic heterocycles. The van der Waals surface area contributed by atoms with Crippen LogP contribution in [-0.2, 0) is 17.8 Å². The summed E-state index contributed by atoms with van der Waals surface area (Å²) in [6.07, 6.45) is 6.93. The molecule has 5 heteroatoms. The summed E-state index contributed by atoms with van der Waals surface area (Å²) in [5.74, 6) is 1.64. The van der Waals surface area contributed by atoms with E-state index in [9.17, 15) is 4.79 Å². The third-order valence-electron chi connectivity index (χ3n) is 3.74. The molecule has 1 aromatic heterocycles. The average Bonchev–Trinajstić information content (AvgIpc) is 2.84. The van der Waals surface area contributed by atoms with E-state index in [0.29, 0.717) is 12.5 Å². The van der Waals surface area contributed by atoms with Gasteiger partial charge in [0.05, 0.1) is 0 Å². The first kappa shape index (κ1) is 14.1. The largest absolute Gasteiger partial charge is 0.354 e. The summed E-state index contributed by atoms with van der Waals surface area (Å²) in [7, 11) is 2.15. The minimum Gasteiger partial charge on any atom is -0.354 e. The van der Waals surface area contributed by atoms with Crippen molar-refractivity contribution in [2.75, 3.05) is 26.7 Å². The lowest BCUT2D eigenvalue weighted by molar-refractivity contribution is -0.122. The normalized spacial score (nSPS) is 20.4. The van der Waals surface area contributed by atoms with Crippen LogP contribution in [0.5, 0.6) is 0 Å². The highest BCUT2D eigenvalue weighted by molar-refractivity contribution is 5.75. The van der Waals surface area contributed by atoms with Crippen LogP contribution in [0.3, 0.4) is 0 Å². The zero-order valence-electron chi connectivity index (χ0n) is 11.9. The van der Waals surface area contributed by atoms with E-state index < -0.39 is 0 Å². The molecule has 2 rings (SSSR count). The second-order valence-corrected chi connectivity index (χ2v) is 5.40. The van der Waals surface area contributed by atoms with Gasteiger partial charge in [0.2, 0.25) is 5.91 Å². The van der Waals surface area contributed by atoms with Crippen molar-refractivity contribution in [2.24, 2.45) is 5.92 Å². The van der Waals surface area contributed by atoms with Gasteiger partial charge in [0, 0.05) is 31.9 Å². The molecule has 0 aliphatic carbocycles. The number of nitrogens with one attached hydrogen (secondary N) is 1. The van der Waals surface area contributed by atoms with Crippen LogP contribution in [0.15, 0.2) is 12.4 Å². The molecule has 1 atom stereocenters.